The smallest absolute Gasteiger partial charge is 0.356 e. The van der Waals surface area contributed by atoms with Crippen molar-refractivity contribution < 1.29 is 17.9 Å². The monoisotopic (exact) mass is 375 g/mol. The van der Waals surface area contributed by atoms with Crippen molar-refractivity contribution in [1.82, 2.24) is 3.97 Å². The molecular formula is C15H15Cl2NO4S. The van der Waals surface area contributed by atoms with Crippen molar-refractivity contribution in [3.05, 3.63) is 52.3 Å². The summed E-state index contributed by atoms with van der Waals surface area (Å²) in [5.74, 6) is -0.737. The number of hydrogen-bond donors (Lipinski definition) is 0. The minimum atomic E-state index is -4.02. The summed E-state index contributed by atoms with van der Waals surface area (Å²) in [6, 6.07) is 6.77. The van der Waals surface area contributed by atoms with Crippen molar-refractivity contribution in [3.63, 3.8) is 0 Å². The molecule has 0 unspecified atom stereocenters. The van der Waals surface area contributed by atoms with Crippen LogP contribution in [0.4, 0.5) is 0 Å². The van der Waals surface area contributed by atoms with Crippen LogP contribution in [-0.2, 0) is 14.8 Å². The summed E-state index contributed by atoms with van der Waals surface area (Å²) in [4.78, 5) is 12.1. The van der Waals surface area contributed by atoms with Gasteiger partial charge in [0.1, 0.15) is 11.3 Å². The van der Waals surface area contributed by atoms with E-state index in [4.69, 9.17) is 27.9 Å². The molecule has 0 saturated heterocycles. The average molecular weight is 376 g/mol. The van der Waals surface area contributed by atoms with Crippen LogP contribution in [0.2, 0.25) is 10.0 Å². The number of esters is 1. The van der Waals surface area contributed by atoms with E-state index in [9.17, 15) is 13.2 Å². The molecule has 2 rings (SSSR count). The van der Waals surface area contributed by atoms with Crippen LogP contribution in [0.25, 0.3) is 0 Å². The van der Waals surface area contributed by atoms with E-state index in [1.807, 2.05) is 0 Å². The van der Waals surface area contributed by atoms with Gasteiger partial charge in [0, 0.05) is 16.2 Å². The van der Waals surface area contributed by atoms with E-state index >= 15 is 0 Å². The molecule has 1 heterocycles. The normalized spacial score (nSPS) is 12.2. The Hall–Kier alpha value is -1.50. The maximum atomic E-state index is 12.7. The Balaban J connectivity index is 2.50. The van der Waals surface area contributed by atoms with Gasteiger partial charge in [-0.3, -0.25) is 0 Å². The quantitative estimate of drug-likeness (QED) is 0.760. The standard InChI is InChI=1S/C15H15Cl2NO4S/c1-15(2,3)22-14(19)13-5-4-6-18(13)23(20,21)12-8-10(16)7-11(17)9-12/h4-9H,1-3H3. The van der Waals surface area contributed by atoms with Crippen molar-refractivity contribution in [2.45, 2.75) is 31.3 Å². The molecule has 0 fully saturated rings. The molecule has 0 amide bonds. The van der Waals surface area contributed by atoms with E-state index < -0.39 is 21.6 Å². The molecule has 0 aliphatic rings. The van der Waals surface area contributed by atoms with Crippen molar-refractivity contribution in [2.75, 3.05) is 0 Å². The third-order valence-corrected chi connectivity index (χ3v) is 4.82. The van der Waals surface area contributed by atoms with Crippen LogP contribution < -0.4 is 0 Å². The first kappa shape index (κ1) is 17.8. The topological polar surface area (TPSA) is 65.4 Å². The van der Waals surface area contributed by atoms with Crippen molar-refractivity contribution >= 4 is 39.2 Å². The van der Waals surface area contributed by atoms with Gasteiger partial charge in [0.25, 0.3) is 10.0 Å². The average Bonchev–Trinajstić information content (AvgIpc) is 2.85. The molecular weight excluding hydrogens is 361 g/mol. The molecule has 0 bridgehead atoms. The van der Waals surface area contributed by atoms with Crippen LogP contribution in [0, 0.1) is 0 Å². The zero-order chi connectivity index (χ0) is 17.4. The maximum Gasteiger partial charge on any atom is 0.356 e. The lowest BCUT2D eigenvalue weighted by atomic mass is 10.2. The number of benzene rings is 1. The molecule has 124 valence electrons. The summed E-state index contributed by atoms with van der Waals surface area (Å²) in [6.07, 6.45) is 1.27. The van der Waals surface area contributed by atoms with E-state index in [2.05, 4.69) is 0 Å². The van der Waals surface area contributed by atoms with Gasteiger partial charge in [-0.1, -0.05) is 23.2 Å². The molecule has 23 heavy (non-hydrogen) atoms. The maximum absolute atomic E-state index is 12.7. The van der Waals surface area contributed by atoms with E-state index in [-0.39, 0.29) is 20.6 Å². The molecule has 0 saturated carbocycles. The molecule has 5 nitrogen and oxygen atoms in total. The minimum absolute atomic E-state index is 0.101. The van der Waals surface area contributed by atoms with E-state index in [1.54, 1.807) is 20.8 Å². The second kappa shape index (κ2) is 6.19. The third-order valence-electron chi connectivity index (χ3n) is 2.71. The summed E-state index contributed by atoms with van der Waals surface area (Å²) in [7, 11) is -4.02. The number of carbonyl (C=O) groups is 1. The van der Waals surface area contributed by atoms with Crippen LogP contribution in [0.15, 0.2) is 41.4 Å². The molecule has 2 aromatic rings. The predicted octanol–water partition coefficient (Wildman–Crippen LogP) is 3.99. The Kier molecular flexibility index (Phi) is 4.80. The van der Waals surface area contributed by atoms with Crippen LogP contribution >= 0.6 is 23.2 Å². The van der Waals surface area contributed by atoms with Crippen molar-refractivity contribution in [1.29, 1.82) is 0 Å². The SMILES string of the molecule is CC(C)(C)OC(=O)c1cccn1S(=O)(=O)c1cc(Cl)cc(Cl)c1. The van der Waals surface area contributed by atoms with Gasteiger partial charge in [0.15, 0.2) is 0 Å². The molecule has 0 aliphatic carbocycles. The molecule has 0 atom stereocenters. The fourth-order valence-electron chi connectivity index (χ4n) is 1.86. The van der Waals surface area contributed by atoms with Crippen LogP contribution in [-0.4, -0.2) is 24.0 Å². The molecule has 8 heteroatoms. The lowest BCUT2D eigenvalue weighted by molar-refractivity contribution is 0.00616. The fraction of sp³-hybridized carbons (Fsp3) is 0.267. The molecule has 1 aromatic heterocycles. The molecule has 0 aliphatic heterocycles. The minimum Gasteiger partial charge on any atom is -0.455 e. The number of nitrogens with zero attached hydrogens (tertiary/aromatic N) is 1. The predicted molar refractivity (Wildman–Crippen MR) is 88.6 cm³/mol. The van der Waals surface area contributed by atoms with Gasteiger partial charge in [-0.15, -0.1) is 0 Å². The van der Waals surface area contributed by atoms with Crippen molar-refractivity contribution in [2.24, 2.45) is 0 Å². The van der Waals surface area contributed by atoms with Crippen LogP contribution in [0.1, 0.15) is 31.3 Å². The van der Waals surface area contributed by atoms with Gasteiger partial charge in [-0.2, -0.15) is 0 Å². The lowest BCUT2D eigenvalue weighted by Crippen LogP contribution is -2.27. The first-order valence-corrected chi connectivity index (χ1v) is 8.83. The lowest BCUT2D eigenvalue weighted by Gasteiger charge is -2.20. The Bertz CT molecular complexity index is 830. The first-order valence-electron chi connectivity index (χ1n) is 6.63. The highest BCUT2D eigenvalue weighted by atomic mass is 35.5. The van der Waals surface area contributed by atoms with Gasteiger partial charge < -0.3 is 4.74 Å². The summed E-state index contributed by atoms with van der Waals surface area (Å²) < 4.78 is 31.5. The Morgan fingerprint density at radius 2 is 1.70 bits per heavy atom. The van der Waals surface area contributed by atoms with Crippen LogP contribution in [0.3, 0.4) is 0 Å². The van der Waals surface area contributed by atoms with Gasteiger partial charge in [0.05, 0.1) is 4.90 Å². The number of ether oxygens (including phenoxy) is 1. The van der Waals surface area contributed by atoms with Crippen LogP contribution in [0.5, 0.6) is 0 Å². The second-order valence-electron chi connectivity index (χ2n) is 5.80. The molecule has 0 radical (unpaired) electrons. The molecule has 1 aromatic carbocycles. The highest BCUT2D eigenvalue weighted by Crippen LogP contribution is 2.25. The summed E-state index contributed by atoms with van der Waals surface area (Å²) in [6.45, 7) is 5.09. The zero-order valence-electron chi connectivity index (χ0n) is 12.7. The van der Waals surface area contributed by atoms with E-state index in [1.165, 1.54) is 36.5 Å². The van der Waals surface area contributed by atoms with Crippen molar-refractivity contribution in [3.8, 4) is 0 Å². The fourth-order valence-corrected chi connectivity index (χ4v) is 3.91. The zero-order valence-corrected chi connectivity index (χ0v) is 15.0. The van der Waals surface area contributed by atoms with Gasteiger partial charge in [-0.05, 0) is 51.1 Å². The Labute approximate surface area is 144 Å². The number of halogens is 2. The Morgan fingerprint density at radius 3 is 2.22 bits per heavy atom. The summed E-state index contributed by atoms with van der Waals surface area (Å²) >= 11 is 11.7. The van der Waals surface area contributed by atoms with E-state index in [0.717, 1.165) is 3.97 Å². The second-order valence-corrected chi connectivity index (χ2v) is 8.49. The molecule has 0 spiro atoms. The third kappa shape index (κ3) is 4.07. The summed E-state index contributed by atoms with van der Waals surface area (Å²) in [5, 5.41) is 0.365. The highest BCUT2D eigenvalue weighted by Gasteiger charge is 2.26. The summed E-state index contributed by atoms with van der Waals surface area (Å²) in [5.41, 5.74) is -0.842. The number of rotatable bonds is 3. The number of carbonyl (C=O) groups excluding carboxylic acids is 1. The van der Waals surface area contributed by atoms with E-state index in [0.29, 0.717) is 0 Å². The highest BCUT2D eigenvalue weighted by molar-refractivity contribution is 7.90. The number of hydrogen-bond acceptors (Lipinski definition) is 4. The number of aromatic nitrogens is 1. The first-order chi connectivity index (χ1) is 10.5. The van der Waals surface area contributed by atoms with Gasteiger partial charge >= 0.3 is 5.97 Å². The van der Waals surface area contributed by atoms with Gasteiger partial charge in [-0.25, -0.2) is 17.2 Å². The van der Waals surface area contributed by atoms with Gasteiger partial charge in [0.2, 0.25) is 0 Å². The molecule has 0 N–H and O–H groups in total. The Morgan fingerprint density at radius 1 is 1.13 bits per heavy atom. The largest absolute Gasteiger partial charge is 0.455 e.